The summed E-state index contributed by atoms with van der Waals surface area (Å²) in [7, 11) is 0. The van der Waals surface area contributed by atoms with Crippen molar-refractivity contribution in [3.63, 3.8) is 0 Å². The van der Waals surface area contributed by atoms with Gasteiger partial charge in [-0.25, -0.2) is 0 Å². The summed E-state index contributed by atoms with van der Waals surface area (Å²) in [4.78, 5) is 0. The molecule has 1 nitrogen and oxygen atoms in total. The maximum atomic E-state index is 9.40. The van der Waals surface area contributed by atoms with Crippen LogP contribution in [0.3, 0.4) is 0 Å². The topological polar surface area (TPSA) is 9.23 Å². The van der Waals surface area contributed by atoms with E-state index < -0.39 is 36.5 Å². The van der Waals surface area contributed by atoms with Crippen molar-refractivity contribution in [3.8, 4) is 28.0 Å². The lowest BCUT2D eigenvalue weighted by atomic mass is 9.81. The number of benzene rings is 6. The van der Waals surface area contributed by atoms with Crippen molar-refractivity contribution in [1.82, 2.24) is 0 Å². The van der Waals surface area contributed by atoms with E-state index in [2.05, 4.69) is 0 Å². The van der Waals surface area contributed by atoms with Gasteiger partial charge in [0.2, 0.25) is 0 Å². The molecule has 0 radical (unpaired) electrons. The third-order valence-electron chi connectivity index (χ3n) is 7.24. The summed E-state index contributed by atoms with van der Waals surface area (Å²) < 4.78 is 85.7. The molecule has 0 aromatic heterocycles. The summed E-state index contributed by atoms with van der Waals surface area (Å²) in [5.74, 6) is -1.44. The lowest BCUT2D eigenvalue weighted by Crippen LogP contribution is -2.15. The molecular weight excluding hydrogens is 448 g/mol. The summed E-state index contributed by atoms with van der Waals surface area (Å²) >= 11 is 0. The summed E-state index contributed by atoms with van der Waals surface area (Å²) in [5, 5.41) is 3.68. The quantitative estimate of drug-likeness (QED) is 0.224. The van der Waals surface area contributed by atoms with E-state index in [4.69, 9.17) is 13.0 Å². The fraction of sp³-hybridized carbons (Fsp3) is 0.0556. The molecular formula is C36H24O. The Labute approximate surface area is 228 Å². The van der Waals surface area contributed by atoms with Crippen LogP contribution in [0.15, 0.2) is 133 Å². The zero-order valence-electron chi connectivity index (χ0n) is 28.6. The lowest BCUT2D eigenvalue weighted by Gasteiger charge is -2.30. The maximum Gasteiger partial charge on any atom is 0.135 e. The Morgan fingerprint density at radius 1 is 0.703 bits per heavy atom. The van der Waals surface area contributed by atoms with Gasteiger partial charge in [0.25, 0.3) is 0 Å². The first-order valence-corrected chi connectivity index (χ1v) is 12.2. The van der Waals surface area contributed by atoms with Crippen LogP contribution in [0.2, 0.25) is 0 Å². The second kappa shape index (κ2) is 7.94. The van der Waals surface area contributed by atoms with Gasteiger partial charge in [-0.15, -0.1) is 0 Å². The molecule has 174 valence electrons. The second-order valence-electron chi connectivity index (χ2n) is 9.20. The molecule has 0 bridgehead atoms. The molecule has 1 heteroatoms. The number of fused-ring (bicyclic) bond motifs is 4. The molecule has 6 aromatic rings. The summed E-state index contributed by atoms with van der Waals surface area (Å²) in [5.41, 5.74) is 2.97. The van der Waals surface area contributed by atoms with Crippen molar-refractivity contribution < 1.29 is 17.1 Å². The fourth-order valence-corrected chi connectivity index (χ4v) is 5.69. The monoisotopic (exact) mass is 481 g/mol. The van der Waals surface area contributed by atoms with Crippen LogP contribution >= 0.6 is 0 Å². The molecule has 0 spiro atoms. The molecule has 0 amide bonds. The molecule has 0 saturated heterocycles. The van der Waals surface area contributed by atoms with Gasteiger partial charge in [-0.3, -0.25) is 0 Å². The Morgan fingerprint density at radius 2 is 1.38 bits per heavy atom. The molecule has 1 aliphatic carbocycles. The molecule has 1 aliphatic heterocycles. The lowest BCUT2D eigenvalue weighted by molar-refractivity contribution is 0.375. The normalized spacial score (nSPS) is 22.2. The Hall–Kier alpha value is -4.62. The zero-order chi connectivity index (χ0) is 32.2. The highest BCUT2D eigenvalue weighted by Crippen LogP contribution is 2.50. The molecule has 2 aliphatic rings. The minimum atomic E-state index is -1.40. The first kappa shape index (κ1) is 13.6. The van der Waals surface area contributed by atoms with Crippen LogP contribution in [0.1, 0.15) is 30.2 Å². The third kappa shape index (κ3) is 2.98. The average Bonchev–Trinajstić information content (AvgIpc) is 3.08. The van der Waals surface area contributed by atoms with Gasteiger partial charge in [0.15, 0.2) is 0 Å². The number of ether oxygens (including phenoxy) is 1. The fourth-order valence-electron chi connectivity index (χ4n) is 5.69. The van der Waals surface area contributed by atoms with Crippen LogP contribution in [-0.2, 0) is 0 Å². The van der Waals surface area contributed by atoms with Gasteiger partial charge in [-0.1, -0.05) is 109 Å². The van der Waals surface area contributed by atoms with Crippen LogP contribution in [0.5, 0.6) is 5.75 Å². The summed E-state index contributed by atoms with van der Waals surface area (Å²) in [6.07, 6.45) is -1.40. The van der Waals surface area contributed by atoms with E-state index in [0.717, 1.165) is 32.7 Å². The number of rotatable bonds is 2. The van der Waals surface area contributed by atoms with Crippen LogP contribution in [-0.4, -0.2) is 0 Å². The maximum absolute atomic E-state index is 9.40. The Morgan fingerprint density at radius 3 is 2.11 bits per heavy atom. The molecule has 0 N–H and O–H groups in total. The van der Waals surface area contributed by atoms with Crippen molar-refractivity contribution in [2.45, 2.75) is 12.3 Å². The minimum absolute atomic E-state index is 0.110. The van der Waals surface area contributed by atoms with E-state index in [1.54, 1.807) is 0 Å². The van der Waals surface area contributed by atoms with Crippen molar-refractivity contribution in [2.75, 3.05) is 0 Å². The van der Waals surface area contributed by atoms with Crippen LogP contribution in [0.4, 0.5) is 0 Å². The highest BCUT2D eigenvalue weighted by molar-refractivity contribution is 6.23. The van der Waals surface area contributed by atoms with Crippen molar-refractivity contribution in [2.24, 2.45) is 0 Å². The average molecular weight is 482 g/mol. The van der Waals surface area contributed by atoms with Gasteiger partial charge in [0.1, 0.15) is 11.5 Å². The Bertz CT molecular complexity index is 2340. The smallest absolute Gasteiger partial charge is 0.135 e. The van der Waals surface area contributed by atoms with E-state index in [1.807, 2.05) is 78.9 Å². The zero-order valence-corrected chi connectivity index (χ0v) is 19.6. The first-order valence-electron chi connectivity index (χ1n) is 16.8. The van der Waals surface area contributed by atoms with Gasteiger partial charge in [0, 0.05) is 12.7 Å². The number of allylic oxidation sites excluding steroid dienone is 4. The van der Waals surface area contributed by atoms with Crippen LogP contribution in [0.25, 0.3) is 54.6 Å². The van der Waals surface area contributed by atoms with Gasteiger partial charge in [-0.2, -0.15) is 0 Å². The second-order valence-corrected chi connectivity index (χ2v) is 9.20. The van der Waals surface area contributed by atoms with E-state index in [1.165, 1.54) is 0 Å². The molecule has 8 rings (SSSR count). The number of hydrogen-bond acceptors (Lipinski definition) is 1. The van der Waals surface area contributed by atoms with Gasteiger partial charge >= 0.3 is 0 Å². The number of hydrogen-bond donors (Lipinski definition) is 0. The van der Waals surface area contributed by atoms with E-state index >= 15 is 0 Å². The molecule has 37 heavy (non-hydrogen) atoms. The summed E-state index contributed by atoms with van der Waals surface area (Å²) in [6, 6.07) is 22.6. The molecule has 1 heterocycles. The third-order valence-corrected chi connectivity index (χ3v) is 7.24. The summed E-state index contributed by atoms with van der Waals surface area (Å²) in [6.45, 7) is 0. The van der Waals surface area contributed by atoms with Gasteiger partial charge < -0.3 is 4.74 Å². The SMILES string of the molecule is [2H]C1=C([2H])C([2H])C2C(=C1[2H])Oc1c([2H])c([2H])c(-c3c4ccccc4c(-c4ccccc4)c4ccccc34)c3c([2H])c([2H])c([2H])c2c13. The van der Waals surface area contributed by atoms with Crippen molar-refractivity contribution >= 4 is 32.3 Å². The van der Waals surface area contributed by atoms with E-state index in [-0.39, 0.29) is 57.6 Å². The highest BCUT2D eigenvalue weighted by Gasteiger charge is 2.29. The first-order chi connectivity index (χ1) is 22.1. The van der Waals surface area contributed by atoms with Gasteiger partial charge in [-0.05, 0) is 79.3 Å². The molecule has 0 saturated carbocycles. The van der Waals surface area contributed by atoms with Crippen LogP contribution < -0.4 is 4.74 Å². The van der Waals surface area contributed by atoms with Crippen molar-refractivity contribution in [3.05, 3.63) is 139 Å². The van der Waals surface area contributed by atoms with Gasteiger partial charge in [0.05, 0.1) is 11.0 Å². The molecule has 6 aromatic carbocycles. The van der Waals surface area contributed by atoms with E-state index in [9.17, 15) is 4.11 Å². The molecule has 0 fully saturated rings. The molecule has 2 atom stereocenters. The van der Waals surface area contributed by atoms with E-state index in [0.29, 0.717) is 5.56 Å². The van der Waals surface area contributed by atoms with Crippen LogP contribution in [0, 0.1) is 0 Å². The standard InChI is InChI=1S/C36H24O/c1-2-11-23(12-3-1)34-26-14-4-6-16-28(26)35(29-17-7-5-15-27(29)34)31-21-22-33-36-25(18-10-19-30(31)36)24-13-8-9-20-32(24)37-33/h1-12,14-22,24H,13H2/i8D,9D,10D,13D,18D,19D,20D,21D,22D. The largest absolute Gasteiger partial charge is 0.460 e. The Balaban J connectivity index is 1.59. The highest BCUT2D eigenvalue weighted by atomic mass is 16.5. The van der Waals surface area contributed by atoms with Crippen molar-refractivity contribution in [1.29, 1.82) is 0 Å². The Kier molecular flexibility index (Phi) is 2.92. The predicted octanol–water partition coefficient (Wildman–Crippen LogP) is 9.80. The molecule has 2 unspecified atom stereocenters. The minimum Gasteiger partial charge on any atom is -0.460 e. The predicted molar refractivity (Wildman–Crippen MR) is 155 cm³/mol.